The van der Waals surface area contributed by atoms with E-state index in [0.29, 0.717) is 64.0 Å². The molecule has 10 rings (SSSR count). The third-order valence-corrected chi connectivity index (χ3v) is 16.8. The topological polar surface area (TPSA) is 117 Å². The van der Waals surface area contributed by atoms with Crippen molar-refractivity contribution in [3.63, 3.8) is 0 Å². The number of amides is 4. The highest BCUT2D eigenvalue weighted by Gasteiger charge is 2.39. The minimum Gasteiger partial charge on any atom is -0.343 e. The first-order valence-corrected chi connectivity index (χ1v) is 27.5. The lowest BCUT2D eigenvalue weighted by Gasteiger charge is -2.37. The number of fused-ring (bicyclic) bond motifs is 5. The van der Waals surface area contributed by atoms with Crippen molar-refractivity contribution >= 4 is 102 Å². The van der Waals surface area contributed by atoms with E-state index in [9.17, 15) is 19.2 Å². The van der Waals surface area contributed by atoms with Crippen LogP contribution in [-0.4, -0.2) is 86.0 Å². The molecular weight excluding hydrogens is 1100 g/mol. The molecule has 0 bridgehead atoms. The van der Waals surface area contributed by atoms with Gasteiger partial charge in [-0.2, -0.15) is 0 Å². The van der Waals surface area contributed by atoms with Crippen LogP contribution in [-0.2, 0) is 35.3 Å². The molecule has 2 fully saturated rings. The van der Waals surface area contributed by atoms with Crippen molar-refractivity contribution in [2.75, 3.05) is 32.7 Å². The van der Waals surface area contributed by atoms with E-state index in [2.05, 4.69) is 62.0 Å². The van der Waals surface area contributed by atoms with E-state index in [0.717, 1.165) is 108 Å². The van der Waals surface area contributed by atoms with Crippen molar-refractivity contribution in [3.8, 4) is 0 Å². The zero-order chi connectivity index (χ0) is 49.2. The molecule has 0 saturated carbocycles. The van der Waals surface area contributed by atoms with E-state index in [1.807, 2.05) is 40.4 Å². The summed E-state index contributed by atoms with van der Waals surface area (Å²) in [5, 5.41) is 2.74. The highest BCUT2D eigenvalue weighted by atomic mass is 79.9. The summed E-state index contributed by atoms with van der Waals surface area (Å²) in [5.41, 5.74) is 10.1. The smallest absolute Gasteiger partial charge is 0.263 e. The maximum absolute atomic E-state index is 13.1. The van der Waals surface area contributed by atoms with E-state index >= 15 is 0 Å². The number of imide groups is 1. The van der Waals surface area contributed by atoms with Gasteiger partial charge in [-0.3, -0.25) is 39.0 Å². The molecule has 2 aliphatic carbocycles. The zero-order valence-electron chi connectivity index (χ0n) is 39.0. The third-order valence-electron chi connectivity index (χ3n) is 14.9. The molecule has 2 atom stereocenters. The number of carbonyl (C=O) groups is 4. The number of rotatable bonds is 9. The van der Waals surface area contributed by atoms with Gasteiger partial charge in [0, 0.05) is 111 Å². The molecule has 366 valence electrons. The van der Waals surface area contributed by atoms with E-state index in [4.69, 9.17) is 56.4 Å². The Bertz CT molecular complexity index is 2800. The van der Waals surface area contributed by atoms with Crippen molar-refractivity contribution in [2.24, 2.45) is 11.8 Å². The minimum absolute atomic E-state index is 0.0333. The predicted molar refractivity (Wildman–Crippen MR) is 282 cm³/mol. The molecule has 2 unspecified atom stereocenters. The number of carbonyl (C=O) groups excluding carboxylic acids is 4. The molecule has 0 radical (unpaired) electrons. The first-order valence-electron chi connectivity index (χ1n) is 24.4. The van der Waals surface area contributed by atoms with Crippen LogP contribution >= 0.6 is 78.3 Å². The van der Waals surface area contributed by atoms with Crippen LogP contribution in [0, 0.1) is 11.8 Å². The lowest BCUT2D eigenvalue weighted by atomic mass is 9.76. The fourth-order valence-electron chi connectivity index (χ4n) is 11.4. The molecule has 5 aromatic rings. The Morgan fingerprint density at radius 2 is 1.07 bits per heavy atom. The van der Waals surface area contributed by atoms with E-state index in [1.165, 1.54) is 45.1 Å². The summed E-state index contributed by atoms with van der Waals surface area (Å²) in [7, 11) is 0. The summed E-state index contributed by atoms with van der Waals surface area (Å²) < 4.78 is 1.96. The average molecular weight is 1150 g/mol. The molecule has 3 aromatic heterocycles. The van der Waals surface area contributed by atoms with Crippen LogP contribution in [0.25, 0.3) is 0 Å². The van der Waals surface area contributed by atoms with Gasteiger partial charge in [-0.05, 0) is 184 Å². The monoisotopic (exact) mass is 1150 g/mol. The molecule has 5 aliphatic rings. The molecule has 6 heterocycles. The maximum atomic E-state index is 13.1. The maximum Gasteiger partial charge on any atom is 0.263 e. The van der Waals surface area contributed by atoms with Crippen LogP contribution in [0.5, 0.6) is 0 Å². The van der Waals surface area contributed by atoms with Gasteiger partial charge in [-0.1, -0.05) is 59.7 Å². The number of halogens is 6. The highest BCUT2D eigenvalue weighted by molar-refractivity contribution is 9.10. The Labute approximate surface area is 446 Å². The fourth-order valence-corrected chi connectivity index (χ4v) is 13.5. The predicted octanol–water partition coefficient (Wildman–Crippen LogP) is 12.9. The summed E-state index contributed by atoms with van der Waals surface area (Å²) in [6.07, 6.45) is 17.2. The SMILES string of the molecule is CCCCC(=O)N1CCC(C2c3ncc(Br)cc3CCc3cc(Cl)cc(Cl)c32)CC1.O=C(CCCN1C(=O)c2ccncc2C1=O)N1CCC(C2c3ncc(Br)cc3CCc3cc(Cl)cc(Cl)c32)CC1. The molecular formula is C54H54Br2Cl4N6O4. The second-order valence-corrected chi connectivity index (χ2v) is 22.6. The summed E-state index contributed by atoms with van der Waals surface area (Å²) >= 11 is 33.5. The molecule has 0 spiro atoms. The minimum atomic E-state index is -0.342. The number of piperidine rings is 2. The van der Waals surface area contributed by atoms with Crippen LogP contribution in [0.3, 0.4) is 0 Å². The van der Waals surface area contributed by atoms with Gasteiger partial charge in [0.05, 0.1) is 22.5 Å². The molecule has 10 nitrogen and oxygen atoms in total. The van der Waals surface area contributed by atoms with Gasteiger partial charge in [0.1, 0.15) is 0 Å². The molecule has 3 aliphatic heterocycles. The quantitative estimate of drug-likeness (QED) is 0.135. The van der Waals surface area contributed by atoms with Crippen LogP contribution in [0.4, 0.5) is 0 Å². The van der Waals surface area contributed by atoms with Crippen molar-refractivity contribution in [1.29, 1.82) is 0 Å². The van der Waals surface area contributed by atoms with Crippen LogP contribution in [0.15, 0.2) is 76.2 Å². The molecule has 4 amide bonds. The van der Waals surface area contributed by atoms with Gasteiger partial charge < -0.3 is 9.80 Å². The number of hydrogen-bond donors (Lipinski definition) is 0. The summed E-state index contributed by atoms with van der Waals surface area (Å²) in [6.45, 7) is 5.26. The van der Waals surface area contributed by atoms with Gasteiger partial charge in [-0.25, -0.2) is 0 Å². The Hall–Kier alpha value is -3.91. The number of likely N-dealkylation sites (tertiary alicyclic amines) is 2. The zero-order valence-corrected chi connectivity index (χ0v) is 45.2. The number of benzene rings is 2. The number of nitrogens with zero attached hydrogens (tertiary/aromatic N) is 6. The summed E-state index contributed by atoms with van der Waals surface area (Å²) in [4.78, 5) is 69.6. The first-order chi connectivity index (χ1) is 33.8. The van der Waals surface area contributed by atoms with Gasteiger partial charge >= 0.3 is 0 Å². The second-order valence-electron chi connectivity index (χ2n) is 19.1. The molecule has 2 saturated heterocycles. The Balaban J connectivity index is 0.000000181. The van der Waals surface area contributed by atoms with Crippen molar-refractivity contribution in [2.45, 2.75) is 102 Å². The number of unbranched alkanes of at least 4 members (excludes halogenated alkanes) is 1. The van der Waals surface area contributed by atoms with Gasteiger partial charge in [0.15, 0.2) is 0 Å². The van der Waals surface area contributed by atoms with Crippen LogP contribution in [0.1, 0.15) is 142 Å². The lowest BCUT2D eigenvalue weighted by molar-refractivity contribution is -0.133. The Morgan fingerprint density at radius 1 is 0.614 bits per heavy atom. The number of hydrogen-bond acceptors (Lipinski definition) is 7. The molecule has 2 aromatic carbocycles. The van der Waals surface area contributed by atoms with E-state index < -0.39 is 0 Å². The Morgan fingerprint density at radius 3 is 1.54 bits per heavy atom. The number of aryl methyl sites for hydroxylation is 4. The van der Waals surface area contributed by atoms with Gasteiger partial charge in [0.25, 0.3) is 11.8 Å². The normalized spacial score (nSPS) is 19.0. The van der Waals surface area contributed by atoms with Crippen LogP contribution < -0.4 is 0 Å². The number of pyridine rings is 3. The van der Waals surface area contributed by atoms with Crippen molar-refractivity contribution < 1.29 is 19.2 Å². The largest absolute Gasteiger partial charge is 0.343 e. The highest BCUT2D eigenvalue weighted by Crippen LogP contribution is 2.48. The molecule has 0 N–H and O–H groups in total. The van der Waals surface area contributed by atoms with Gasteiger partial charge in [-0.15, -0.1) is 0 Å². The molecule has 70 heavy (non-hydrogen) atoms. The standard InChI is InChI=1S/C30H27BrCl2N4O3.C24H27BrCl2N2O/c31-20-12-19-4-3-18-13-21(32)14-24(33)26(18)27(28(19)35-15-20)17-6-10-36(11-7-17)25(38)2-1-9-37-29(39)22-5-8-34-16-23(22)30(37)40;1-2-3-4-21(30)29-9-7-15(8-10-29)23-22-16(12-19(26)13-20(22)27)5-6-17-11-18(25)14-28-24(17)23/h5,8,12-17,27H,1-4,6-7,9-11H2;11-15,23H,2-10H2,1H3. The third kappa shape index (κ3) is 10.9. The Kier molecular flexibility index (Phi) is 16.4. The van der Waals surface area contributed by atoms with E-state index in [1.54, 1.807) is 6.07 Å². The summed E-state index contributed by atoms with van der Waals surface area (Å²) in [5.74, 6) is 0.538. The average Bonchev–Trinajstić information content (AvgIpc) is 3.45. The lowest BCUT2D eigenvalue weighted by Crippen LogP contribution is -2.40. The second kappa shape index (κ2) is 22.5. The number of aromatic nitrogens is 3. The molecule has 16 heteroatoms. The van der Waals surface area contributed by atoms with Crippen LogP contribution in [0.2, 0.25) is 20.1 Å². The summed E-state index contributed by atoms with van der Waals surface area (Å²) in [6, 6.07) is 13.7. The van der Waals surface area contributed by atoms with E-state index in [-0.39, 0.29) is 48.4 Å². The van der Waals surface area contributed by atoms with Crippen molar-refractivity contribution in [1.82, 2.24) is 29.7 Å². The van der Waals surface area contributed by atoms with Crippen molar-refractivity contribution in [3.05, 3.63) is 152 Å². The fraction of sp³-hybridized carbons (Fsp3) is 0.426. The first kappa shape index (κ1) is 51.0. The van der Waals surface area contributed by atoms with Gasteiger partial charge in [0.2, 0.25) is 11.8 Å².